The van der Waals surface area contributed by atoms with Gasteiger partial charge in [-0.05, 0) is 26.0 Å². The molecule has 3 N–H and O–H groups in total. The number of H-pyrrole nitrogens is 1. The molecule has 212 valence electrons. The number of hydrogen-bond donors (Lipinski definition) is 3. The van der Waals surface area contributed by atoms with Gasteiger partial charge in [-0.1, -0.05) is 25.1 Å². The van der Waals surface area contributed by atoms with Crippen molar-refractivity contribution in [3.8, 4) is 5.75 Å². The van der Waals surface area contributed by atoms with E-state index in [2.05, 4.69) is 10.1 Å². The number of benzene rings is 1. The zero-order valence-corrected chi connectivity index (χ0v) is 23.0. The number of hydrogen-bond acceptors (Lipinski definition) is 10. The summed E-state index contributed by atoms with van der Waals surface area (Å²) in [7, 11) is 3.63. The number of para-hydroxylation sites is 1. The summed E-state index contributed by atoms with van der Waals surface area (Å²) in [6.07, 6.45) is -2.44. The van der Waals surface area contributed by atoms with Crippen molar-refractivity contribution in [1.82, 2.24) is 14.6 Å². The molecule has 0 aliphatic carbocycles. The Morgan fingerprint density at radius 3 is 2.59 bits per heavy atom. The average molecular weight is 565 g/mol. The molecule has 2 radical (unpaired) electrons. The van der Waals surface area contributed by atoms with Crippen molar-refractivity contribution >= 4 is 21.6 Å². The van der Waals surface area contributed by atoms with Gasteiger partial charge >= 0.3 is 19.4 Å². The van der Waals surface area contributed by atoms with E-state index in [4.69, 9.17) is 31.1 Å². The van der Waals surface area contributed by atoms with Gasteiger partial charge in [0, 0.05) is 30.7 Å². The number of ether oxygens (including phenoxy) is 3. The van der Waals surface area contributed by atoms with Gasteiger partial charge in [0.05, 0.1) is 33.1 Å². The van der Waals surface area contributed by atoms with E-state index in [1.165, 1.54) is 20.2 Å². The Kier molecular flexibility index (Phi) is 10.3. The summed E-state index contributed by atoms with van der Waals surface area (Å²) in [5.41, 5.74) is -1.38. The maximum absolute atomic E-state index is 13.8. The van der Waals surface area contributed by atoms with Crippen LogP contribution >= 0.6 is 7.75 Å². The molecule has 2 heterocycles. The number of aromatic nitrogens is 2. The number of esters is 1. The van der Waals surface area contributed by atoms with E-state index in [9.17, 15) is 24.1 Å². The highest BCUT2D eigenvalue weighted by atomic mass is 31.2. The van der Waals surface area contributed by atoms with Crippen molar-refractivity contribution in [2.75, 3.05) is 26.9 Å². The largest absolute Gasteiger partial charge is 0.464 e. The van der Waals surface area contributed by atoms with E-state index in [0.29, 0.717) is 0 Å². The second-order valence-corrected chi connectivity index (χ2v) is 11.3. The molecular formula is C24H33BN3O10P. The number of rotatable bonds is 13. The van der Waals surface area contributed by atoms with Gasteiger partial charge in [-0.3, -0.25) is 23.7 Å². The zero-order valence-electron chi connectivity index (χ0n) is 22.1. The first kappa shape index (κ1) is 30.8. The molecular weight excluding hydrogens is 532 g/mol. The van der Waals surface area contributed by atoms with Crippen LogP contribution < -0.4 is 20.9 Å². The van der Waals surface area contributed by atoms with Crippen LogP contribution in [0.2, 0.25) is 5.31 Å². The number of carbonyl (C=O) groups excluding carboxylic acids is 1. The lowest BCUT2D eigenvalue weighted by Gasteiger charge is -2.29. The number of methoxy groups -OCH3 is 1. The van der Waals surface area contributed by atoms with Crippen LogP contribution in [-0.2, 0) is 28.1 Å². The maximum atomic E-state index is 13.8. The van der Waals surface area contributed by atoms with Crippen molar-refractivity contribution in [1.29, 1.82) is 0 Å². The molecule has 2 unspecified atom stereocenters. The predicted octanol–water partition coefficient (Wildman–Crippen LogP) is 1.15. The molecule has 2 aromatic rings. The fourth-order valence-electron chi connectivity index (χ4n) is 3.90. The second-order valence-electron chi connectivity index (χ2n) is 9.57. The molecule has 0 amide bonds. The van der Waals surface area contributed by atoms with Gasteiger partial charge in [0.25, 0.3) is 5.56 Å². The Labute approximate surface area is 226 Å². The number of aliphatic hydroxyl groups is 1. The van der Waals surface area contributed by atoms with Gasteiger partial charge in [-0.25, -0.2) is 14.4 Å². The van der Waals surface area contributed by atoms with Crippen molar-refractivity contribution in [3.63, 3.8) is 0 Å². The normalized spacial score (nSPS) is 25.9. The molecule has 1 aromatic carbocycles. The smallest absolute Gasteiger partial charge is 0.459 e. The summed E-state index contributed by atoms with van der Waals surface area (Å²) < 4.78 is 42.2. The van der Waals surface area contributed by atoms with Crippen molar-refractivity contribution < 1.29 is 37.7 Å². The van der Waals surface area contributed by atoms with E-state index in [0.717, 1.165) is 10.6 Å². The highest BCUT2D eigenvalue weighted by Gasteiger charge is 2.51. The maximum Gasteiger partial charge on any atom is 0.459 e. The summed E-state index contributed by atoms with van der Waals surface area (Å²) in [5.74, 6) is -0.737. The van der Waals surface area contributed by atoms with Crippen LogP contribution in [0.3, 0.4) is 0 Å². The SMILES string of the molecule is [B][C@]1(C)[C@H](O)[C@@H](COP(=O)(N[C@@H](C)COC(=O)C(C)COC)Oc2ccccc2)O[C@H]1n1ccc(=O)[nH]c1=O. The third kappa shape index (κ3) is 7.90. The summed E-state index contributed by atoms with van der Waals surface area (Å²) in [6.45, 7) is 4.35. The molecule has 39 heavy (non-hydrogen) atoms. The topological polar surface area (TPSA) is 167 Å². The fraction of sp³-hybridized carbons (Fsp3) is 0.542. The molecule has 15 heteroatoms. The van der Waals surface area contributed by atoms with Gasteiger partial charge in [0.2, 0.25) is 0 Å². The van der Waals surface area contributed by atoms with Crippen LogP contribution in [0.4, 0.5) is 0 Å². The molecule has 13 nitrogen and oxygen atoms in total. The van der Waals surface area contributed by atoms with Gasteiger partial charge in [0.1, 0.15) is 24.7 Å². The lowest BCUT2D eigenvalue weighted by atomic mass is 9.65. The Hall–Kier alpha value is -2.74. The standard InChI is InChI=1S/C24H33BN3O10P/c1-15(12-34-4)21(31)35-13-16(2)27-39(33,38-17-8-6-5-7-9-17)36-14-18-20(30)24(3,25)22(37-18)28-11-10-19(29)26-23(28)32/h5-11,15-16,18,20,22,30H,12-14H2,1-4H3,(H,27,33)(H,26,29,32)/t15?,16-,18+,20+,22+,24+,39?/m0/s1. The van der Waals surface area contributed by atoms with E-state index in [1.54, 1.807) is 44.2 Å². The third-order valence-corrected chi connectivity index (χ3v) is 7.68. The quantitative estimate of drug-likeness (QED) is 0.181. The summed E-state index contributed by atoms with van der Waals surface area (Å²) >= 11 is 0. The molecule has 1 saturated heterocycles. The Morgan fingerprint density at radius 1 is 1.26 bits per heavy atom. The molecule has 0 bridgehead atoms. The molecule has 1 aromatic heterocycles. The highest BCUT2D eigenvalue weighted by Crippen LogP contribution is 2.50. The lowest BCUT2D eigenvalue weighted by molar-refractivity contribution is -0.150. The monoisotopic (exact) mass is 565 g/mol. The van der Waals surface area contributed by atoms with Gasteiger partial charge in [-0.2, -0.15) is 0 Å². The van der Waals surface area contributed by atoms with Gasteiger partial charge in [0.15, 0.2) is 0 Å². The number of aliphatic hydroxyl groups excluding tert-OH is 1. The Morgan fingerprint density at radius 2 is 1.95 bits per heavy atom. The van der Waals surface area contributed by atoms with Crippen LogP contribution in [0.25, 0.3) is 0 Å². The minimum Gasteiger partial charge on any atom is -0.464 e. The van der Waals surface area contributed by atoms with E-state index < -0.39 is 67.3 Å². The highest BCUT2D eigenvalue weighted by molar-refractivity contribution is 7.52. The van der Waals surface area contributed by atoms with Crippen LogP contribution in [-0.4, -0.2) is 73.7 Å². The summed E-state index contributed by atoms with van der Waals surface area (Å²) in [6, 6.07) is 8.71. The van der Waals surface area contributed by atoms with Gasteiger partial charge in [-0.15, -0.1) is 0 Å². The molecule has 1 aliphatic rings. The summed E-state index contributed by atoms with van der Waals surface area (Å²) in [4.78, 5) is 38.0. The molecule has 3 rings (SSSR count). The number of aromatic amines is 1. The molecule has 7 atom stereocenters. The minimum atomic E-state index is -4.14. The van der Waals surface area contributed by atoms with E-state index in [-0.39, 0.29) is 19.0 Å². The zero-order chi connectivity index (χ0) is 28.8. The first-order chi connectivity index (χ1) is 18.4. The van der Waals surface area contributed by atoms with Crippen LogP contribution in [0.5, 0.6) is 5.75 Å². The molecule has 1 fully saturated rings. The van der Waals surface area contributed by atoms with Crippen LogP contribution in [0.15, 0.2) is 52.2 Å². The Bertz CT molecular complexity index is 1270. The number of nitrogens with zero attached hydrogens (tertiary/aromatic N) is 1. The third-order valence-electron chi connectivity index (χ3n) is 5.98. The van der Waals surface area contributed by atoms with Crippen molar-refractivity contribution in [2.24, 2.45) is 5.92 Å². The molecule has 0 spiro atoms. The van der Waals surface area contributed by atoms with Crippen molar-refractivity contribution in [3.05, 3.63) is 63.4 Å². The van der Waals surface area contributed by atoms with Crippen LogP contribution in [0, 0.1) is 5.92 Å². The van der Waals surface area contributed by atoms with Crippen molar-refractivity contribution in [2.45, 2.75) is 50.6 Å². The van der Waals surface area contributed by atoms with E-state index >= 15 is 0 Å². The predicted molar refractivity (Wildman–Crippen MR) is 141 cm³/mol. The second kappa shape index (κ2) is 13.1. The average Bonchev–Trinajstić information content (AvgIpc) is 3.10. The first-order valence-electron chi connectivity index (χ1n) is 12.2. The molecule has 1 aliphatic heterocycles. The fourth-order valence-corrected chi connectivity index (χ4v) is 5.43. The van der Waals surface area contributed by atoms with E-state index in [1.807, 2.05) is 0 Å². The minimum absolute atomic E-state index is 0.140. The molecule has 0 saturated carbocycles. The van der Waals surface area contributed by atoms with Crippen LogP contribution in [0.1, 0.15) is 27.0 Å². The first-order valence-corrected chi connectivity index (χ1v) is 13.8. The summed E-state index contributed by atoms with van der Waals surface area (Å²) in [5, 5.41) is 12.1. The Balaban J connectivity index is 1.73. The lowest BCUT2D eigenvalue weighted by Crippen LogP contribution is -2.38. The number of carbonyl (C=O) groups is 1. The van der Waals surface area contributed by atoms with Gasteiger partial charge < -0.3 is 23.8 Å². The number of nitrogens with one attached hydrogen (secondary N) is 2.